The summed E-state index contributed by atoms with van der Waals surface area (Å²) in [6, 6.07) is 8.14. The lowest BCUT2D eigenvalue weighted by Crippen LogP contribution is -2.16. The van der Waals surface area contributed by atoms with Crippen LogP contribution in [0.1, 0.15) is 44.2 Å². The molecule has 1 atom stereocenters. The van der Waals surface area contributed by atoms with Crippen molar-refractivity contribution in [3.63, 3.8) is 0 Å². The predicted octanol–water partition coefficient (Wildman–Crippen LogP) is 4.06. The molecule has 0 aromatic heterocycles. The monoisotopic (exact) mass is 248 g/mol. The Hall–Kier alpha value is -1.31. The van der Waals surface area contributed by atoms with E-state index in [1.54, 1.807) is 0 Å². The summed E-state index contributed by atoms with van der Waals surface area (Å²) in [6.45, 7) is 6.39. The Labute approximate surface area is 110 Å². The number of carboxylic acid groups (broad SMARTS) is 1. The minimum atomic E-state index is -0.666. The van der Waals surface area contributed by atoms with Gasteiger partial charge in [-0.05, 0) is 31.2 Å². The first-order valence-electron chi connectivity index (χ1n) is 6.77. The fourth-order valence-electron chi connectivity index (χ4n) is 2.21. The molecule has 0 aliphatic carbocycles. The second kappa shape index (κ2) is 7.20. The predicted molar refractivity (Wildman–Crippen MR) is 74.7 cm³/mol. The van der Waals surface area contributed by atoms with E-state index in [4.69, 9.17) is 0 Å². The second-order valence-electron chi connectivity index (χ2n) is 5.55. The van der Waals surface area contributed by atoms with Crippen molar-refractivity contribution in [2.24, 2.45) is 11.8 Å². The van der Waals surface area contributed by atoms with Gasteiger partial charge in [0, 0.05) is 0 Å². The van der Waals surface area contributed by atoms with Gasteiger partial charge in [0.15, 0.2) is 0 Å². The van der Waals surface area contributed by atoms with Crippen molar-refractivity contribution < 1.29 is 9.90 Å². The number of carboxylic acids is 1. The number of rotatable bonds is 7. The number of aryl methyl sites for hydroxylation is 1. The molecule has 2 nitrogen and oxygen atoms in total. The largest absolute Gasteiger partial charge is 0.481 e. The molecule has 0 saturated heterocycles. The van der Waals surface area contributed by atoms with Crippen LogP contribution in [0.25, 0.3) is 0 Å². The van der Waals surface area contributed by atoms with Crippen molar-refractivity contribution in [1.82, 2.24) is 0 Å². The molecule has 2 heteroatoms. The first-order valence-corrected chi connectivity index (χ1v) is 6.77. The maximum absolute atomic E-state index is 11.3. The summed E-state index contributed by atoms with van der Waals surface area (Å²) in [5.74, 6) is -0.260. The van der Waals surface area contributed by atoms with E-state index >= 15 is 0 Å². The highest BCUT2D eigenvalue weighted by Crippen LogP contribution is 2.18. The highest BCUT2D eigenvalue weighted by molar-refractivity contribution is 5.70. The molecule has 1 aromatic rings. The lowest BCUT2D eigenvalue weighted by atomic mass is 9.92. The van der Waals surface area contributed by atoms with Gasteiger partial charge in [-0.2, -0.15) is 0 Å². The fourth-order valence-corrected chi connectivity index (χ4v) is 2.21. The summed E-state index contributed by atoms with van der Waals surface area (Å²) in [7, 11) is 0. The topological polar surface area (TPSA) is 37.3 Å². The van der Waals surface area contributed by atoms with Gasteiger partial charge in [0.2, 0.25) is 0 Å². The average Bonchev–Trinajstić information content (AvgIpc) is 2.27. The van der Waals surface area contributed by atoms with Crippen molar-refractivity contribution in [3.05, 3.63) is 35.4 Å². The van der Waals surface area contributed by atoms with E-state index < -0.39 is 5.97 Å². The van der Waals surface area contributed by atoms with E-state index in [0.717, 1.165) is 24.8 Å². The van der Waals surface area contributed by atoms with Gasteiger partial charge in [-0.25, -0.2) is 0 Å². The quantitative estimate of drug-likeness (QED) is 0.790. The third-order valence-electron chi connectivity index (χ3n) is 3.25. The molecule has 0 heterocycles. The van der Waals surface area contributed by atoms with Crippen molar-refractivity contribution in [1.29, 1.82) is 0 Å². The molecule has 0 spiro atoms. The van der Waals surface area contributed by atoms with Crippen LogP contribution < -0.4 is 0 Å². The van der Waals surface area contributed by atoms with Crippen LogP contribution in [0.3, 0.4) is 0 Å². The van der Waals surface area contributed by atoms with Crippen LogP contribution in [-0.2, 0) is 11.2 Å². The van der Waals surface area contributed by atoms with Crippen molar-refractivity contribution in [2.45, 2.75) is 46.5 Å². The van der Waals surface area contributed by atoms with Crippen molar-refractivity contribution in [3.8, 4) is 0 Å². The van der Waals surface area contributed by atoms with Crippen molar-refractivity contribution in [2.75, 3.05) is 0 Å². The van der Waals surface area contributed by atoms with Crippen LogP contribution in [0.4, 0.5) is 0 Å². The zero-order valence-electron chi connectivity index (χ0n) is 11.6. The Morgan fingerprint density at radius 1 is 1.28 bits per heavy atom. The van der Waals surface area contributed by atoms with Gasteiger partial charge < -0.3 is 5.11 Å². The minimum Gasteiger partial charge on any atom is -0.481 e. The molecule has 0 amide bonds. The first-order chi connectivity index (χ1) is 8.49. The Morgan fingerprint density at radius 2 is 2.00 bits per heavy atom. The molecule has 0 aliphatic rings. The zero-order chi connectivity index (χ0) is 13.5. The zero-order valence-corrected chi connectivity index (χ0v) is 11.6. The van der Waals surface area contributed by atoms with Gasteiger partial charge in [0.1, 0.15) is 0 Å². The number of hydrogen-bond donors (Lipinski definition) is 1. The SMILES string of the molecule is Cc1cccc(CC(CCCC(C)C)C(=O)O)c1. The summed E-state index contributed by atoms with van der Waals surface area (Å²) in [4.78, 5) is 11.3. The maximum atomic E-state index is 11.3. The molecule has 1 aromatic carbocycles. The van der Waals surface area contributed by atoms with Crippen LogP contribution in [0.15, 0.2) is 24.3 Å². The summed E-state index contributed by atoms with van der Waals surface area (Å²) in [6.07, 6.45) is 3.54. The Balaban J connectivity index is 2.55. The Kier molecular flexibility index (Phi) is 5.90. The number of carbonyl (C=O) groups is 1. The normalized spacial score (nSPS) is 12.7. The molecule has 1 N–H and O–H groups in total. The third kappa shape index (κ3) is 5.35. The average molecular weight is 248 g/mol. The molecule has 0 bridgehead atoms. The molecule has 0 saturated carbocycles. The minimum absolute atomic E-state index is 0.245. The lowest BCUT2D eigenvalue weighted by Gasteiger charge is -2.13. The van der Waals surface area contributed by atoms with Crippen LogP contribution in [0, 0.1) is 18.8 Å². The van der Waals surface area contributed by atoms with Gasteiger partial charge in [0.05, 0.1) is 5.92 Å². The highest BCUT2D eigenvalue weighted by Gasteiger charge is 2.17. The molecule has 1 rings (SSSR count). The van der Waals surface area contributed by atoms with Gasteiger partial charge in [-0.3, -0.25) is 4.79 Å². The molecule has 0 radical (unpaired) electrons. The van der Waals surface area contributed by atoms with E-state index in [-0.39, 0.29) is 5.92 Å². The molecular formula is C16H24O2. The maximum Gasteiger partial charge on any atom is 0.306 e. The van der Waals surface area contributed by atoms with E-state index in [0.29, 0.717) is 12.3 Å². The molecule has 0 fully saturated rings. The smallest absolute Gasteiger partial charge is 0.306 e. The van der Waals surface area contributed by atoms with Gasteiger partial charge >= 0.3 is 5.97 Å². The van der Waals surface area contributed by atoms with Gasteiger partial charge in [-0.15, -0.1) is 0 Å². The van der Waals surface area contributed by atoms with E-state index in [9.17, 15) is 9.90 Å². The summed E-state index contributed by atoms with van der Waals surface area (Å²) < 4.78 is 0. The molecular weight excluding hydrogens is 224 g/mol. The molecule has 100 valence electrons. The molecule has 1 unspecified atom stereocenters. The van der Waals surface area contributed by atoms with E-state index in [1.807, 2.05) is 25.1 Å². The van der Waals surface area contributed by atoms with Crippen LogP contribution in [0.5, 0.6) is 0 Å². The van der Waals surface area contributed by atoms with E-state index in [1.165, 1.54) is 5.56 Å². The number of aliphatic carboxylic acids is 1. The standard InChI is InChI=1S/C16H24O2/c1-12(2)6-4-9-15(16(17)18)11-14-8-5-7-13(3)10-14/h5,7-8,10,12,15H,4,6,9,11H2,1-3H3,(H,17,18). The van der Waals surface area contributed by atoms with Crippen molar-refractivity contribution >= 4 is 5.97 Å². The summed E-state index contributed by atoms with van der Waals surface area (Å²) in [5, 5.41) is 9.27. The Bertz CT molecular complexity index is 382. The van der Waals surface area contributed by atoms with Gasteiger partial charge in [-0.1, -0.05) is 56.5 Å². The molecule has 18 heavy (non-hydrogen) atoms. The fraction of sp³-hybridized carbons (Fsp3) is 0.562. The van der Waals surface area contributed by atoms with Crippen LogP contribution in [0.2, 0.25) is 0 Å². The number of benzene rings is 1. The van der Waals surface area contributed by atoms with Crippen LogP contribution >= 0.6 is 0 Å². The number of hydrogen-bond acceptors (Lipinski definition) is 1. The van der Waals surface area contributed by atoms with E-state index in [2.05, 4.69) is 19.9 Å². The van der Waals surface area contributed by atoms with Gasteiger partial charge in [0.25, 0.3) is 0 Å². The second-order valence-corrected chi connectivity index (χ2v) is 5.55. The van der Waals surface area contributed by atoms with Crippen LogP contribution in [-0.4, -0.2) is 11.1 Å². The Morgan fingerprint density at radius 3 is 2.56 bits per heavy atom. The summed E-state index contributed by atoms with van der Waals surface area (Å²) in [5.41, 5.74) is 2.32. The highest BCUT2D eigenvalue weighted by atomic mass is 16.4. The lowest BCUT2D eigenvalue weighted by molar-refractivity contribution is -0.142. The molecule has 0 aliphatic heterocycles. The first kappa shape index (κ1) is 14.7. The third-order valence-corrected chi connectivity index (χ3v) is 3.25. The summed E-state index contributed by atoms with van der Waals surface area (Å²) >= 11 is 0.